The molecule has 0 amide bonds. The number of nitrogens with zero attached hydrogens (tertiary/aromatic N) is 2. The van der Waals surface area contributed by atoms with E-state index in [2.05, 4.69) is 5.10 Å². The van der Waals surface area contributed by atoms with E-state index < -0.39 is 5.97 Å². The smallest absolute Gasteiger partial charge is 0.356 e. The molecule has 0 bridgehead atoms. The summed E-state index contributed by atoms with van der Waals surface area (Å²) in [5, 5.41) is 12.7. The molecular weight excluding hydrogens is 168 g/mol. The van der Waals surface area contributed by atoms with Gasteiger partial charge in [0.2, 0.25) is 0 Å². The zero-order valence-electron chi connectivity index (χ0n) is 8.11. The third kappa shape index (κ3) is 1.88. The molecule has 1 aromatic rings. The van der Waals surface area contributed by atoms with Gasteiger partial charge < -0.3 is 5.11 Å². The van der Waals surface area contributed by atoms with E-state index in [0.717, 1.165) is 12.1 Å². The van der Waals surface area contributed by atoms with E-state index in [0.29, 0.717) is 0 Å². The molecule has 0 unspecified atom stereocenters. The number of hydrogen-bond donors (Lipinski definition) is 1. The second-order valence-corrected chi connectivity index (χ2v) is 3.18. The molecule has 0 saturated heterocycles. The molecule has 0 spiro atoms. The lowest BCUT2D eigenvalue weighted by molar-refractivity contribution is 0.0689. The molecule has 4 heteroatoms. The Morgan fingerprint density at radius 3 is 2.77 bits per heavy atom. The molecule has 4 nitrogen and oxygen atoms in total. The normalized spacial score (nSPS) is 12.8. The fourth-order valence-electron chi connectivity index (χ4n) is 1.21. The molecular formula is C9H14N2O2. The molecule has 0 saturated carbocycles. The van der Waals surface area contributed by atoms with Gasteiger partial charge in [-0.15, -0.1) is 0 Å². The Bertz CT molecular complexity index is 317. The van der Waals surface area contributed by atoms with E-state index in [9.17, 15) is 4.79 Å². The number of carboxylic acids is 1. The zero-order valence-corrected chi connectivity index (χ0v) is 8.11. The molecule has 1 atom stereocenters. The van der Waals surface area contributed by atoms with Crippen molar-refractivity contribution in [2.24, 2.45) is 0 Å². The molecule has 1 rings (SSSR count). The van der Waals surface area contributed by atoms with Crippen LogP contribution in [0.15, 0.2) is 6.07 Å². The van der Waals surface area contributed by atoms with E-state index in [1.807, 2.05) is 20.8 Å². The summed E-state index contributed by atoms with van der Waals surface area (Å²) in [7, 11) is 0. The minimum atomic E-state index is -0.967. The minimum Gasteiger partial charge on any atom is -0.476 e. The van der Waals surface area contributed by atoms with Crippen molar-refractivity contribution in [1.29, 1.82) is 0 Å². The summed E-state index contributed by atoms with van der Waals surface area (Å²) >= 11 is 0. The van der Waals surface area contributed by atoms with Crippen LogP contribution in [0.5, 0.6) is 0 Å². The largest absolute Gasteiger partial charge is 0.476 e. The van der Waals surface area contributed by atoms with Gasteiger partial charge in [0, 0.05) is 11.7 Å². The van der Waals surface area contributed by atoms with Gasteiger partial charge >= 0.3 is 5.97 Å². The van der Waals surface area contributed by atoms with Gasteiger partial charge in [0.25, 0.3) is 0 Å². The first kappa shape index (κ1) is 9.77. The van der Waals surface area contributed by atoms with Crippen molar-refractivity contribution >= 4 is 5.97 Å². The van der Waals surface area contributed by atoms with Crippen LogP contribution in [0.25, 0.3) is 0 Å². The third-order valence-electron chi connectivity index (χ3n) is 2.15. The maximum absolute atomic E-state index is 10.6. The van der Waals surface area contributed by atoms with Crippen LogP contribution in [0.1, 0.15) is 42.5 Å². The molecule has 0 aromatic carbocycles. The highest BCUT2D eigenvalue weighted by Crippen LogP contribution is 2.13. The van der Waals surface area contributed by atoms with Crippen molar-refractivity contribution in [2.45, 2.75) is 33.2 Å². The van der Waals surface area contributed by atoms with E-state index in [1.165, 1.54) is 0 Å². The van der Waals surface area contributed by atoms with Crippen LogP contribution in [0.3, 0.4) is 0 Å². The number of hydrogen-bond acceptors (Lipinski definition) is 2. The van der Waals surface area contributed by atoms with Crippen LogP contribution in [0, 0.1) is 6.92 Å². The van der Waals surface area contributed by atoms with Gasteiger partial charge in [-0.3, -0.25) is 4.68 Å². The second kappa shape index (κ2) is 3.60. The van der Waals surface area contributed by atoms with Gasteiger partial charge in [-0.05, 0) is 26.3 Å². The predicted octanol–water partition coefficient (Wildman–Crippen LogP) is 1.86. The summed E-state index contributed by atoms with van der Waals surface area (Å²) in [6, 6.07) is 1.85. The Morgan fingerprint density at radius 1 is 1.77 bits per heavy atom. The summed E-state index contributed by atoms with van der Waals surface area (Å²) < 4.78 is 1.75. The van der Waals surface area contributed by atoms with Crippen molar-refractivity contribution in [3.05, 3.63) is 17.5 Å². The molecule has 1 N–H and O–H groups in total. The van der Waals surface area contributed by atoms with Crippen LogP contribution < -0.4 is 0 Å². The Hall–Kier alpha value is -1.32. The van der Waals surface area contributed by atoms with Crippen molar-refractivity contribution < 1.29 is 9.90 Å². The molecule has 0 aliphatic carbocycles. The highest BCUT2D eigenvalue weighted by Gasteiger charge is 2.12. The summed E-state index contributed by atoms with van der Waals surface area (Å²) in [5.41, 5.74) is 1.02. The first-order chi connectivity index (χ1) is 6.06. The van der Waals surface area contributed by atoms with Gasteiger partial charge in [-0.25, -0.2) is 4.79 Å². The zero-order chi connectivity index (χ0) is 10.0. The molecule has 1 aromatic heterocycles. The Balaban J connectivity index is 3.02. The Labute approximate surface area is 77.2 Å². The van der Waals surface area contributed by atoms with E-state index in [1.54, 1.807) is 10.7 Å². The monoisotopic (exact) mass is 182 g/mol. The first-order valence-corrected chi connectivity index (χ1v) is 4.35. The lowest BCUT2D eigenvalue weighted by Gasteiger charge is -2.10. The highest BCUT2D eigenvalue weighted by molar-refractivity contribution is 5.85. The van der Waals surface area contributed by atoms with Gasteiger partial charge in [0.05, 0.1) is 0 Å². The molecule has 0 aliphatic rings. The van der Waals surface area contributed by atoms with Crippen LogP contribution in [-0.4, -0.2) is 20.9 Å². The van der Waals surface area contributed by atoms with E-state index in [-0.39, 0.29) is 11.7 Å². The van der Waals surface area contributed by atoms with Crippen molar-refractivity contribution in [3.63, 3.8) is 0 Å². The summed E-state index contributed by atoms with van der Waals surface area (Å²) in [6.45, 7) is 5.93. The van der Waals surface area contributed by atoms with Crippen LogP contribution in [-0.2, 0) is 0 Å². The quantitative estimate of drug-likeness (QED) is 0.776. The lowest BCUT2D eigenvalue weighted by Crippen LogP contribution is -2.08. The number of carbonyl (C=O) groups is 1. The SMILES string of the molecule is CC[C@H](C)n1nc(C(=O)O)cc1C. The average molecular weight is 182 g/mol. The summed E-state index contributed by atoms with van der Waals surface area (Å²) in [6.07, 6.45) is 0.946. The lowest BCUT2D eigenvalue weighted by atomic mass is 10.2. The van der Waals surface area contributed by atoms with Crippen LogP contribution in [0.2, 0.25) is 0 Å². The number of aromatic nitrogens is 2. The van der Waals surface area contributed by atoms with Crippen molar-refractivity contribution in [2.75, 3.05) is 0 Å². The maximum Gasteiger partial charge on any atom is 0.356 e. The van der Waals surface area contributed by atoms with Gasteiger partial charge in [-0.2, -0.15) is 5.10 Å². The Kier molecular flexibility index (Phi) is 2.70. The second-order valence-electron chi connectivity index (χ2n) is 3.18. The predicted molar refractivity (Wildman–Crippen MR) is 48.9 cm³/mol. The van der Waals surface area contributed by atoms with Crippen LogP contribution >= 0.6 is 0 Å². The number of rotatable bonds is 3. The first-order valence-electron chi connectivity index (χ1n) is 4.35. The molecule has 1 heterocycles. The van der Waals surface area contributed by atoms with Crippen molar-refractivity contribution in [3.8, 4) is 0 Å². The van der Waals surface area contributed by atoms with E-state index in [4.69, 9.17) is 5.11 Å². The highest BCUT2D eigenvalue weighted by atomic mass is 16.4. The summed E-state index contributed by atoms with van der Waals surface area (Å²) in [4.78, 5) is 10.6. The molecule has 72 valence electrons. The average Bonchev–Trinajstić information content (AvgIpc) is 2.46. The molecule has 0 aliphatic heterocycles. The molecule has 13 heavy (non-hydrogen) atoms. The minimum absolute atomic E-state index is 0.123. The summed E-state index contributed by atoms with van der Waals surface area (Å²) in [5.74, 6) is -0.967. The standard InChI is InChI=1S/C9H14N2O2/c1-4-6(2)11-7(3)5-8(10-11)9(12)13/h5-6H,4H2,1-3H3,(H,12,13)/t6-/m0/s1. The number of carboxylic acid groups (broad SMARTS) is 1. The topological polar surface area (TPSA) is 55.1 Å². The fourth-order valence-corrected chi connectivity index (χ4v) is 1.21. The van der Waals surface area contributed by atoms with Gasteiger partial charge in [-0.1, -0.05) is 6.92 Å². The van der Waals surface area contributed by atoms with E-state index >= 15 is 0 Å². The van der Waals surface area contributed by atoms with Crippen LogP contribution in [0.4, 0.5) is 0 Å². The molecule has 0 fully saturated rings. The number of aromatic carboxylic acids is 1. The molecule has 0 radical (unpaired) electrons. The van der Waals surface area contributed by atoms with Gasteiger partial charge in [0.15, 0.2) is 5.69 Å². The third-order valence-corrected chi connectivity index (χ3v) is 2.15. The Morgan fingerprint density at radius 2 is 2.38 bits per heavy atom. The fraction of sp³-hybridized carbons (Fsp3) is 0.556. The number of aryl methyl sites for hydroxylation is 1. The van der Waals surface area contributed by atoms with Crippen molar-refractivity contribution in [1.82, 2.24) is 9.78 Å². The maximum atomic E-state index is 10.6. The van der Waals surface area contributed by atoms with Gasteiger partial charge in [0.1, 0.15) is 0 Å².